The number of halogens is 1. The molecule has 33 heavy (non-hydrogen) atoms. The summed E-state index contributed by atoms with van der Waals surface area (Å²) < 4.78 is 13.4. The fourth-order valence-corrected chi connectivity index (χ4v) is 4.31. The van der Waals surface area contributed by atoms with E-state index in [-0.39, 0.29) is 5.82 Å². The molecule has 2 aromatic carbocycles. The van der Waals surface area contributed by atoms with Gasteiger partial charge in [-0.25, -0.2) is 4.39 Å². The van der Waals surface area contributed by atoms with E-state index in [0.29, 0.717) is 0 Å². The van der Waals surface area contributed by atoms with Crippen LogP contribution >= 0.6 is 0 Å². The zero-order chi connectivity index (χ0) is 22.9. The first-order valence-electron chi connectivity index (χ1n) is 10.8. The maximum absolute atomic E-state index is 13.4. The van der Waals surface area contributed by atoms with Gasteiger partial charge in [0.05, 0.1) is 22.9 Å². The molecule has 5 aromatic rings. The first-order chi connectivity index (χ1) is 16.1. The monoisotopic (exact) mass is 434 g/mol. The Hall–Kier alpha value is -4.25. The first kappa shape index (κ1) is 20.6. The Morgan fingerprint density at radius 3 is 2.58 bits per heavy atom. The standard InChI is InChI=1S/C28H23FN4/c1-4-6-17(3)21(5-2)19-9-12-25-23(13-19)28(33-32-25)26-14-22-24(15-30-16-27(22)31-26)18-7-10-20(29)11-8-18/h4-16,31H,1H2,2-3H3,(H,32,33)/b17-6-,21-5+. The number of nitrogens with zero attached hydrogens (tertiary/aromatic N) is 2. The molecule has 4 nitrogen and oxygen atoms in total. The number of hydrogen-bond acceptors (Lipinski definition) is 2. The highest BCUT2D eigenvalue weighted by Crippen LogP contribution is 2.35. The lowest BCUT2D eigenvalue weighted by Gasteiger charge is -2.08. The van der Waals surface area contributed by atoms with E-state index in [1.807, 2.05) is 13.0 Å². The summed E-state index contributed by atoms with van der Waals surface area (Å²) in [6, 6.07) is 14.9. The third-order valence-electron chi connectivity index (χ3n) is 5.91. The molecule has 5 rings (SSSR count). The van der Waals surface area contributed by atoms with Gasteiger partial charge in [-0.2, -0.15) is 5.10 Å². The van der Waals surface area contributed by atoms with Gasteiger partial charge >= 0.3 is 0 Å². The van der Waals surface area contributed by atoms with Crippen molar-refractivity contribution >= 4 is 27.4 Å². The summed E-state index contributed by atoms with van der Waals surface area (Å²) in [6.07, 6.45) is 9.53. The van der Waals surface area contributed by atoms with Crippen molar-refractivity contribution in [3.63, 3.8) is 0 Å². The van der Waals surface area contributed by atoms with Gasteiger partial charge in [0.25, 0.3) is 0 Å². The maximum Gasteiger partial charge on any atom is 0.123 e. The van der Waals surface area contributed by atoms with Crippen LogP contribution in [0.5, 0.6) is 0 Å². The smallest absolute Gasteiger partial charge is 0.123 e. The van der Waals surface area contributed by atoms with Gasteiger partial charge in [-0.05, 0) is 66.5 Å². The van der Waals surface area contributed by atoms with Gasteiger partial charge < -0.3 is 4.98 Å². The minimum absolute atomic E-state index is 0.258. The zero-order valence-corrected chi connectivity index (χ0v) is 18.5. The summed E-state index contributed by atoms with van der Waals surface area (Å²) in [7, 11) is 0. The number of nitrogens with one attached hydrogen (secondary N) is 2. The predicted octanol–water partition coefficient (Wildman–Crippen LogP) is 7.45. The first-order valence-corrected chi connectivity index (χ1v) is 10.8. The van der Waals surface area contributed by atoms with Crippen LogP contribution in [0.15, 0.2) is 91.3 Å². The van der Waals surface area contributed by atoms with Crippen molar-refractivity contribution in [3.8, 4) is 22.5 Å². The molecule has 0 aliphatic carbocycles. The number of hydrogen-bond donors (Lipinski definition) is 2. The van der Waals surface area contributed by atoms with Gasteiger partial charge in [0, 0.05) is 22.5 Å². The molecule has 0 bridgehead atoms. The van der Waals surface area contributed by atoms with Gasteiger partial charge in [0.1, 0.15) is 11.5 Å². The van der Waals surface area contributed by atoms with Crippen molar-refractivity contribution in [2.45, 2.75) is 13.8 Å². The third-order valence-corrected chi connectivity index (χ3v) is 5.91. The lowest BCUT2D eigenvalue weighted by atomic mass is 9.96. The minimum atomic E-state index is -0.258. The largest absolute Gasteiger partial charge is 0.352 e. The molecule has 3 heterocycles. The number of aromatic amines is 2. The lowest BCUT2D eigenvalue weighted by Crippen LogP contribution is -1.87. The van der Waals surface area contributed by atoms with Gasteiger partial charge in [-0.1, -0.05) is 43.0 Å². The van der Waals surface area contributed by atoms with E-state index in [1.165, 1.54) is 12.1 Å². The Balaban J connectivity index is 1.64. The molecule has 0 aliphatic rings. The highest BCUT2D eigenvalue weighted by molar-refractivity contribution is 6.01. The number of benzene rings is 2. The molecule has 162 valence electrons. The summed E-state index contributed by atoms with van der Waals surface area (Å²) in [5.41, 5.74) is 8.88. The molecular formula is C28H23FN4. The normalized spacial score (nSPS) is 12.6. The molecular weight excluding hydrogens is 411 g/mol. The number of allylic oxidation sites excluding steroid dienone is 5. The van der Waals surface area contributed by atoms with E-state index in [1.54, 1.807) is 30.6 Å². The van der Waals surface area contributed by atoms with Crippen LogP contribution in [0.1, 0.15) is 19.4 Å². The SMILES string of the molecule is C=C/C=C(C)\C(=C/C)c1ccc2[nH]nc(-c3cc4c(-c5ccc(F)cc5)cncc4[nH]3)c2c1. The summed E-state index contributed by atoms with van der Waals surface area (Å²) in [5.74, 6) is -0.258. The van der Waals surface area contributed by atoms with Crippen LogP contribution in [0.25, 0.3) is 49.9 Å². The number of rotatable bonds is 5. The number of aromatic nitrogens is 4. The van der Waals surface area contributed by atoms with Crippen LogP contribution in [0.3, 0.4) is 0 Å². The van der Waals surface area contributed by atoms with Crippen LogP contribution in [-0.4, -0.2) is 20.2 Å². The Morgan fingerprint density at radius 1 is 1.00 bits per heavy atom. The minimum Gasteiger partial charge on any atom is -0.352 e. The summed E-state index contributed by atoms with van der Waals surface area (Å²) in [4.78, 5) is 7.84. The van der Waals surface area contributed by atoms with Gasteiger partial charge in [-0.15, -0.1) is 0 Å². The quantitative estimate of drug-likeness (QED) is 0.282. The second kappa shape index (κ2) is 8.36. The average Bonchev–Trinajstić information content (AvgIpc) is 3.44. The molecule has 0 spiro atoms. The molecule has 5 heteroatoms. The van der Waals surface area contributed by atoms with Crippen LogP contribution in [-0.2, 0) is 0 Å². The maximum atomic E-state index is 13.4. The van der Waals surface area contributed by atoms with E-state index >= 15 is 0 Å². The molecule has 0 unspecified atom stereocenters. The Bertz CT molecular complexity index is 1550. The van der Waals surface area contributed by atoms with E-state index in [4.69, 9.17) is 0 Å². The Kier molecular flexibility index (Phi) is 5.23. The summed E-state index contributed by atoms with van der Waals surface area (Å²) in [5, 5.41) is 9.79. The van der Waals surface area contributed by atoms with Crippen LogP contribution in [0.4, 0.5) is 4.39 Å². The van der Waals surface area contributed by atoms with Crippen molar-refractivity contribution in [2.24, 2.45) is 0 Å². The molecule has 2 N–H and O–H groups in total. The number of H-pyrrole nitrogens is 2. The predicted molar refractivity (Wildman–Crippen MR) is 134 cm³/mol. The van der Waals surface area contributed by atoms with Crippen LogP contribution < -0.4 is 0 Å². The molecule has 0 atom stereocenters. The van der Waals surface area contributed by atoms with E-state index < -0.39 is 0 Å². The van der Waals surface area contributed by atoms with Crippen molar-refractivity contribution < 1.29 is 4.39 Å². The zero-order valence-electron chi connectivity index (χ0n) is 18.5. The summed E-state index contributed by atoms with van der Waals surface area (Å²) in [6.45, 7) is 7.94. The van der Waals surface area contributed by atoms with E-state index in [2.05, 4.69) is 64.0 Å². The fraction of sp³-hybridized carbons (Fsp3) is 0.0714. The average molecular weight is 435 g/mol. The number of fused-ring (bicyclic) bond motifs is 2. The Labute approximate surface area is 191 Å². The highest BCUT2D eigenvalue weighted by Gasteiger charge is 2.15. The van der Waals surface area contributed by atoms with Crippen LogP contribution in [0, 0.1) is 5.82 Å². The third kappa shape index (κ3) is 3.68. The van der Waals surface area contributed by atoms with E-state index in [0.717, 1.165) is 61.0 Å². The molecule has 0 aliphatic heterocycles. The number of pyridine rings is 1. The van der Waals surface area contributed by atoms with Crippen molar-refractivity contribution in [1.82, 2.24) is 20.2 Å². The van der Waals surface area contributed by atoms with Gasteiger partial charge in [0.2, 0.25) is 0 Å². The fourth-order valence-electron chi connectivity index (χ4n) is 4.31. The molecule has 0 saturated carbocycles. The molecule has 0 saturated heterocycles. The molecule has 0 amide bonds. The van der Waals surface area contributed by atoms with Crippen molar-refractivity contribution in [3.05, 3.63) is 103 Å². The second-order valence-corrected chi connectivity index (χ2v) is 7.96. The Morgan fingerprint density at radius 2 is 1.82 bits per heavy atom. The van der Waals surface area contributed by atoms with Gasteiger partial charge in [-0.3, -0.25) is 10.1 Å². The van der Waals surface area contributed by atoms with E-state index in [9.17, 15) is 4.39 Å². The highest BCUT2D eigenvalue weighted by atomic mass is 19.1. The summed E-state index contributed by atoms with van der Waals surface area (Å²) >= 11 is 0. The molecule has 3 aromatic heterocycles. The molecule has 0 radical (unpaired) electrons. The second-order valence-electron chi connectivity index (χ2n) is 7.96. The van der Waals surface area contributed by atoms with Crippen molar-refractivity contribution in [2.75, 3.05) is 0 Å². The topological polar surface area (TPSA) is 57.4 Å². The van der Waals surface area contributed by atoms with Crippen LogP contribution in [0.2, 0.25) is 0 Å². The van der Waals surface area contributed by atoms with Gasteiger partial charge in [0.15, 0.2) is 0 Å². The van der Waals surface area contributed by atoms with Crippen molar-refractivity contribution in [1.29, 1.82) is 0 Å². The lowest BCUT2D eigenvalue weighted by molar-refractivity contribution is 0.628. The molecule has 0 fully saturated rings.